The highest BCUT2D eigenvalue weighted by Crippen LogP contribution is 2.02. The van der Waals surface area contributed by atoms with Crippen LogP contribution >= 0.6 is 0 Å². The van der Waals surface area contributed by atoms with E-state index in [0.717, 1.165) is 5.69 Å². The minimum absolute atomic E-state index is 0.179. The fourth-order valence-electron chi connectivity index (χ4n) is 1.37. The number of likely N-dealkylation sites (N-methyl/N-ethyl adjacent to an activating group) is 1. The molecule has 1 aromatic rings. The van der Waals surface area contributed by atoms with Crippen molar-refractivity contribution in [1.82, 2.24) is 15.2 Å². The average molecular weight is 246 g/mol. The Labute approximate surface area is 105 Å². The van der Waals surface area contributed by atoms with Crippen LogP contribution in [-0.2, 0) is 16.1 Å². The molecule has 18 heavy (non-hydrogen) atoms. The maximum atomic E-state index is 11.6. The molecule has 0 saturated carbocycles. The van der Waals surface area contributed by atoms with Crippen LogP contribution in [0, 0.1) is 18.3 Å². The standard InChI is InChI=1S/C12H14N4O2/c1-9-4-3-5-10(15-9)8-16(2)12(18)11(17)14-7-6-13/h3-5H,7-8H2,1-2H3,(H,14,17). The van der Waals surface area contributed by atoms with E-state index >= 15 is 0 Å². The summed E-state index contributed by atoms with van der Waals surface area (Å²) in [7, 11) is 1.51. The van der Waals surface area contributed by atoms with E-state index in [1.165, 1.54) is 11.9 Å². The SMILES string of the molecule is Cc1cccc(CN(C)C(=O)C(=O)NCC#N)n1. The van der Waals surface area contributed by atoms with Crippen molar-refractivity contribution < 1.29 is 9.59 Å². The first kappa shape index (κ1) is 13.6. The van der Waals surface area contributed by atoms with Crippen molar-refractivity contribution in [2.45, 2.75) is 13.5 Å². The van der Waals surface area contributed by atoms with Crippen molar-refractivity contribution in [3.63, 3.8) is 0 Å². The fourth-order valence-corrected chi connectivity index (χ4v) is 1.37. The van der Waals surface area contributed by atoms with Crippen molar-refractivity contribution in [2.75, 3.05) is 13.6 Å². The molecule has 2 amide bonds. The van der Waals surface area contributed by atoms with Crippen LogP contribution in [0.1, 0.15) is 11.4 Å². The molecule has 94 valence electrons. The molecule has 0 bridgehead atoms. The Morgan fingerprint density at radius 1 is 1.50 bits per heavy atom. The Morgan fingerprint density at radius 2 is 2.22 bits per heavy atom. The molecular weight excluding hydrogens is 232 g/mol. The number of carbonyl (C=O) groups excluding carboxylic acids is 2. The Morgan fingerprint density at radius 3 is 2.83 bits per heavy atom. The van der Waals surface area contributed by atoms with Gasteiger partial charge in [-0.15, -0.1) is 0 Å². The Hall–Kier alpha value is -2.42. The zero-order chi connectivity index (χ0) is 13.5. The van der Waals surface area contributed by atoms with Crippen LogP contribution in [-0.4, -0.2) is 35.3 Å². The van der Waals surface area contributed by atoms with Gasteiger partial charge in [-0.25, -0.2) is 0 Å². The van der Waals surface area contributed by atoms with Gasteiger partial charge in [-0.3, -0.25) is 14.6 Å². The monoisotopic (exact) mass is 246 g/mol. The number of carbonyl (C=O) groups is 2. The molecule has 0 radical (unpaired) electrons. The number of rotatable bonds is 3. The maximum absolute atomic E-state index is 11.6. The minimum atomic E-state index is -0.785. The van der Waals surface area contributed by atoms with E-state index < -0.39 is 11.8 Å². The van der Waals surface area contributed by atoms with E-state index in [0.29, 0.717) is 5.69 Å². The van der Waals surface area contributed by atoms with Crippen molar-refractivity contribution in [3.05, 3.63) is 29.6 Å². The van der Waals surface area contributed by atoms with Crippen molar-refractivity contribution in [1.29, 1.82) is 5.26 Å². The molecule has 0 fully saturated rings. The highest BCUT2D eigenvalue weighted by atomic mass is 16.2. The molecule has 0 saturated heterocycles. The number of hydrogen-bond acceptors (Lipinski definition) is 4. The first-order chi connectivity index (χ1) is 8.54. The summed E-state index contributed by atoms with van der Waals surface area (Å²) in [6.07, 6.45) is 0. The molecule has 1 heterocycles. The van der Waals surface area contributed by atoms with Gasteiger partial charge >= 0.3 is 11.8 Å². The molecule has 0 atom stereocenters. The van der Waals surface area contributed by atoms with Crippen LogP contribution in [0.15, 0.2) is 18.2 Å². The third-order valence-corrected chi connectivity index (χ3v) is 2.21. The molecule has 6 heteroatoms. The lowest BCUT2D eigenvalue weighted by Crippen LogP contribution is -2.40. The highest BCUT2D eigenvalue weighted by Gasteiger charge is 2.18. The van der Waals surface area contributed by atoms with Crippen molar-refractivity contribution in [3.8, 4) is 6.07 Å². The summed E-state index contributed by atoms with van der Waals surface area (Å²) in [5, 5.41) is 10.5. The first-order valence-corrected chi connectivity index (χ1v) is 5.37. The number of nitrogens with zero attached hydrogens (tertiary/aromatic N) is 3. The molecule has 0 aliphatic heterocycles. The van der Waals surface area contributed by atoms with Gasteiger partial charge < -0.3 is 10.2 Å². The Balaban J connectivity index is 2.60. The summed E-state index contributed by atoms with van der Waals surface area (Å²) in [6, 6.07) is 7.21. The van der Waals surface area contributed by atoms with E-state index in [9.17, 15) is 9.59 Å². The van der Waals surface area contributed by atoms with Crippen LogP contribution in [0.3, 0.4) is 0 Å². The number of nitriles is 1. The van der Waals surface area contributed by atoms with E-state index in [1.807, 2.05) is 19.1 Å². The average Bonchev–Trinajstić information content (AvgIpc) is 2.35. The van der Waals surface area contributed by atoms with E-state index in [4.69, 9.17) is 5.26 Å². The highest BCUT2D eigenvalue weighted by molar-refractivity contribution is 6.34. The van der Waals surface area contributed by atoms with E-state index in [-0.39, 0.29) is 13.1 Å². The smallest absolute Gasteiger partial charge is 0.312 e. The molecular formula is C12H14N4O2. The molecule has 0 aliphatic rings. The van der Waals surface area contributed by atoms with Crippen LogP contribution in [0.4, 0.5) is 0 Å². The summed E-state index contributed by atoms with van der Waals surface area (Å²) in [5.74, 6) is -1.47. The van der Waals surface area contributed by atoms with Gasteiger partial charge in [0, 0.05) is 12.7 Å². The summed E-state index contributed by atoms with van der Waals surface area (Å²) in [6.45, 7) is 1.92. The number of aryl methyl sites for hydroxylation is 1. The maximum Gasteiger partial charge on any atom is 0.312 e. The van der Waals surface area contributed by atoms with E-state index in [2.05, 4.69) is 10.3 Å². The number of pyridine rings is 1. The van der Waals surface area contributed by atoms with Gasteiger partial charge in [0.1, 0.15) is 6.54 Å². The Kier molecular flexibility index (Phi) is 4.81. The Bertz CT molecular complexity index is 493. The van der Waals surface area contributed by atoms with Gasteiger partial charge in [0.2, 0.25) is 0 Å². The van der Waals surface area contributed by atoms with Gasteiger partial charge in [0.05, 0.1) is 18.3 Å². The summed E-state index contributed by atoms with van der Waals surface area (Å²) < 4.78 is 0. The molecule has 0 aliphatic carbocycles. The lowest BCUT2D eigenvalue weighted by molar-refractivity contribution is -0.145. The predicted octanol–water partition coefficient (Wildman–Crippen LogP) is -0.0118. The molecule has 0 spiro atoms. The van der Waals surface area contributed by atoms with Gasteiger partial charge in [-0.1, -0.05) is 6.07 Å². The normalized spacial score (nSPS) is 9.39. The van der Waals surface area contributed by atoms with Crippen LogP contribution in [0.25, 0.3) is 0 Å². The van der Waals surface area contributed by atoms with Crippen molar-refractivity contribution in [2.24, 2.45) is 0 Å². The lowest BCUT2D eigenvalue weighted by atomic mass is 10.3. The number of amides is 2. The summed E-state index contributed by atoms with van der Waals surface area (Å²) >= 11 is 0. The van der Waals surface area contributed by atoms with Gasteiger partial charge in [0.15, 0.2) is 0 Å². The second-order valence-corrected chi connectivity index (χ2v) is 3.77. The molecule has 0 aromatic carbocycles. The second kappa shape index (κ2) is 6.35. The van der Waals surface area contributed by atoms with Gasteiger partial charge in [-0.2, -0.15) is 5.26 Å². The lowest BCUT2D eigenvalue weighted by Gasteiger charge is -2.15. The van der Waals surface area contributed by atoms with Gasteiger partial charge in [-0.05, 0) is 19.1 Å². The first-order valence-electron chi connectivity index (χ1n) is 5.37. The third kappa shape index (κ3) is 3.87. The zero-order valence-electron chi connectivity index (χ0n) is 10.3. The summed E-state index contributed by atoms with van der Waals surface area (Å²) in [4.78, 5) is 28.4. The molecule has 0 unspecified atom stereocenters. The molecule has 1 N–H and O–H groups in total. The number of aromatic nitrogens is 1. The topological polar surface area (TPSA) is 86.1 Å². The summed E-state index contributed by atoms with van der Waals surface area (Å²) in [5.41, 5.74) is 1.56. The quantitative estimate of drug-likeness (QED) is 0.600. The van der Waals surface area contributed by atoms with Crippen molar-refractivity contribution >= 4 is 11.8 Å². The van der Waals surface area contributed by atoms with Crippen LogP contribution < -0.4 is 5.32 Å². The minimum Gasteiger partial charge on any atom is -0.335 e. The van der Waals surface area contributed by atoms with E-state index in [1.54, 1.807) is 12.1 Å². The molecule has 1 rings (SSSR count). The third-order valence-electron chi connectivity index (χ3n) is 2.21. The number of nitrogens with one attached hydrogen (secondary N) is 1. The van der Waals surface area contributed by atoms with Crippen LogP contribution in [0.2, 0.25) is 0 Å². The fraction of sp³-hybridized carbons (Fsp3) is 0.333. The van der Waals surface area contributed by atoms with Crippen LogP contribution in [0.5, 0.6) is 0 Å². The van der Waals surface area contributed by atoms with Gasteiger partial charge in [0.25, 0.3) is 0 Å². The largest absolute Gasteiger partial charge is 0.335 e. The predicted molar refractivity (Wildman–Crippen MR) is 64.1 cm³/mol. The number of hydrogen-bond donors (Lipinski definition) is 1. The zero-order valence-corrected chi connectivity index (χ0v) is 10.3. The molecule has 6 nitrogen and oxygen atoms in total. The second-order valence-electron chi connectivity index (χ2n) is 3.77. The molecule has 1 aromatic heterocycles.